The van der Waals surface area contributed by atoms with Gasteiger partial charge in [-0.2, -0.15) is 0 Å². The smallest absolute Gasteiger partial charge is 0.210 e. The van der Waals surface area contributed by atoms with Crippen molar-refractivity contribution in [2.75, 3.05) is 0 Å². The van der Waals surface area contributed by atoms with Crippen LogP contribution in [-0.4, -0.2) is 18.5 Å². The van der Waals surface area contributed by atoms with Crippen LogP contribution in [0.4, 0.5) is 0 Å². The van der Waals surface area contributed by atoms with Crippen LogP contribution in [0.25, 0.3) is 10.9 Å². The Kier molecular flexibility index (Phi) is 4.15. The second-order valence-corrected chi connectivity index (χ2v) is 8.51. The summed E-state index contributed by atoms with van der Waals surface area (Å²) in [6, 6.07) is 11.9. The zero-order chi connectivity index (χ0) is 15.9. The molecule has 7 heteroatoms. The number of benzene rings is 2. The summed E-state index contributed by atoms with van der Waals surface area (Å²) in [6.07, 6.45) is 1.52. The van der Waals surface area contributed by atoms with Crippen LogP contribution in [0.3, 0.4) is 0 Å². The summed E-state index contributed by atoms with van der Waals surface area (Å²) >= 11 is 6.57. The van der Waals surface area contributed by atoms with Gasteiger partial charge in [-0.25, -0.2) is 8.42 Å². The van der Waals surface area contributed by atoms with Gasteiger partial charge in [0.25, 0.3) is 0 Å². The Hall–Kier alpha value is -1.15. The quantitative estimate of drug-likeness (QED) is 0.637. The molecule has 0 aliphatic heterocycles. The van der Waals surface area contributed by atoms with E-state index in [4.69, 9.17) is 0 Å². The summed E-state index contributed by atoms with van der Waals surface area (Å²) in [5.41, 5.74) is -0.555. The zero-order valence-corrected chi connectivity index (χ0v) is 15.1. The molecule has 0 fully saturated rings. The highest BCUT2D eigenvalue weighted by atomic mass is 79.9. The maximum absolute atomic E-state index is 12.7. The molecule has 0 saturated heterocycles. The Labute approximate surface area is 144 Å². The Morgan fingerprint density at radius 2 is 1.82 bits per heavy atom. The van der Waals surface area contributed by atoms with E-state index in [1.54, 1.807) is 24.3 Å². The van der Waals surface area contributed by atoms with Crippen LogP contribution in [0.2, 0.25) is 0 Å². The van der Waals surface area contributed by atoms with Crippen molar-refractivity contribution in [3.05, 3.63) is 63.2 Å². The molecule has 0 aliphatic rings. The summed E-state index contributed by atoms with van der Waals surface area (Å²) in [5.74, 6) is 0. The fourth-order valence-electron chi connectivity index (χ4n) is 2.28. The zero-order valence-electron chi connectivity index (χ0n) is 11.1. The largest absolute Gasteiger partial charge is 0.373 e. The molecule has 0 aliphatic carbocycles. The van der Waals surface area contributed by atoms with Gasteiger partial charge in [0, 0.05) is 31.6 Å². The van der Waals surface area contributed by atoms with Crippen molar-refractivity contribution >= 4 is 52.6 Å². The Balaban J connectivity index is 2.15. The number of halogens is 2. The first-order chi connectivity index (χ1) is 10.4. The first-order valence-electron chi connectivity index (χ1n) is 6.34. The van der Waals surface area contributed by atoms with Crippen LogP contribution in [0, 0.1) is 0 Å². The molecule has 1 unspecified atom stereocenters. The molecule has 1 heterocycles. The summed E-state index contributed by atoms with van der Waals surface area (Å²) in [7, 11) is -3.92. The van der Waals surface area contributed by atoms with Crippen LogP contribution in [0.1, 0.15) is 11.0 Å². The molecular formula is C15H11Br2NO3S. The fourth-order valence-corrected chi connectivity index (χ4v) is 4.98. The van der Waals surface area contributed by atoms with Crippen LogP contribution in [0.15, 0.2) is 62.5 Å². The number of hydrogen-bond acceptors (Lipinski definition) is 3. The number of sulfone groups is 1. The molecule has 0 spiro atoms. The third-order valence-corrected chi connectivity index (χ3v) is 6.64. The van der Waals surface area contributed by atoms with Crippen molar-refractivity contribution in [1.82, 2.24) is 4.98 Å². The Morgan fingerprint density at radius 3 is 2.55 bits per heavy atom. The molecular weight excluding hydrogens is 434 g/mol. The second-order valence-electron chi connectivity index (χ2n) is 4.76. The molecule has 0 amide bonds. The fraction of sp³-hybridized carbons (Fsp3) is 0.0667. The number of hydrogen-bond donors (Lipinski definition) is 2. The summed E-state index contributed by atoms with van der Waals surface area (Å²) in [6.45, 7) is 0. The lowest BCUT2D eigenvalue weighted by Gasteiger charge is -2.13. The van der Waals surface area contributed by atoms with Crippen LogP contribution >= 0.6 is 31.9 Å². The monoisotopic (exact) mass is 443 g/mol. The maximum Gasteiger partial charge on any atom is 0.210 e. The molecule has 1 aromatic heterocycles. The van der Waals surface area contributed by atoms with Gasteiger partial charge in [0.15, 0.2) is 5.44 Å². The predicted octanol–water partition coefficient (Wildman–Crippen LogP) is 4.16. The van der Waals surface area contributed by atoms with Gasteiger partial charge >= 0.3 is 0 Å². The third kappa shape index (κ3) is 2.62. The maximum atomic E-state index is 12.7. The number of aliphatic hydroxyl groups is 1. The van der Waals surface area contributed by atoms with Gasteiger partial charge in [0.05, 0.1) is 4.90 Å². The van der Waals surface area contributed by atoms with Gasteiger partial charge in [-0.15, -0.1) is 0 Å². The second kappa shape index (κ2) is 5.81. The lowest BCUT2D eigenvalue weighted by Crippen LogP contribution is -2.13. The first-order valence-corrected chi connectivity index (χ1v) is 9.47. The third-order valence-electron chi connectivity index (χ3n) is 3.38. The minimum Gasteiger partial charge on any atom is -0.373 e. The lowest BCUT2D eigenvalue weighted by atomic mass is 10.2. The molecule has 2 N–H and O–H groups in total. The van der Waals surface area contributed by atoms with Gasteiger partial charge < -0.3 is 10.1 Å². The topological polar surface area (TPSA) is 70.2 Å². The predicted molar refractivity (Wildman–Crippen MR) is 92.3 cm³/mol. The molecule has 0 radical (unpaired) electrons. The van der Waals surface area contributed by atoms with Gasteiger partial charge in [-0.05, 0) is 46.3 Å². The van der Waals surface area contributed by atoms with E-state index < -0.39 is 15.3 Å². The van der Waals surface area contributed by atoms with Crippen molar-refractivity contribution in [3.8, 4) is 0 Å². The van der Waals surface area contributed by atoms with E-state index in [-0.39, 0.29) is 4.90 Å². The van der Waals surface area contributed by atoms with Crippen LogP contribution in [0.5, 0.6) is 0 Å². The molecule has 3 aromatic rings. The standard InChI is InChI=1S/C15H11Br2NO3S/c16-9-5-6-13-10(7-9)11(8-18-13)15(19)22(20,21)14-4-2-1-3-12(14)17/h1-8,15,18-19H. The van der Waals surface area contributed by atoms with Crippen molar-refractivity contribution < 1.29 is 13.5 Å². The van der Waals surface area contributed by atoms with Crippen LogP contribution < -0.4 is 0 Å². The average molecular weight is 445 g/mol. The average Bonchev–Trinajstić information content (AvgIpc) is 2.89. The van der Waals surface area contributed by atoms with Gasteiger partial charge in [-0.1, -0.05) is 28.1 Å². The molecule has 22 heavy (non-hydrogen) atoms. The highest BCUT2D eigenvalue weighted by molar-refractivity contribution is 9.10. The van der Waals surface area contributed by atoms with Crippen molar-refractivity contribution in [2.24, 2.45) is 0 Å². The van der Waals surface area contributed by atoms with Gasteiger partial charge in [-0.3, -0.25) is 0 Å². The molecule has 1 atom stereocenters. The van der Waals surface area contributed by atoms with E-state index in [9.17, 15) is 13.5 Å². The minimum atomic E-state index is -3.92. The summed E-state index contributed by atoms with van der Waals surface area (Å²) in [4.78, 5) is 3.04. The lowest BCUT2D eigenvalue weighted by molar-refractivity contribution is 0.256. The van der Waals surface area contributed by atoms with E-state index in [1.165, 1.54) is 12.3 Å². The first kappa shape index (κ1) is 15.7. The number of aromatic nitrogens is 1. The van der Waals surface area contributed by atoms with Crippen molar-refractivity contribution in [1.29, 1.82) is 0 Å². The number of H-pyrrole nitrogens is 1. The van der Waals surface area contributed by atoms with Gasteiger partial charge in [0.1, 0.15) is 0 Å². The molecule has 4 nitrogen and oxygen atoms in total. The van der Waals surface area contributed by atoms with E-state index >= 15 is 0 Å². The summed E-state index contributed by atoms with van der Waals surface area (Å²) < 4.78 is 26.6. The molecule has 114 valence electrons. The Bertz CT molecular complexity index is 950. The number of aromatic amines is 1. The molecule has 0 saturated carbocycles. The SMILES string of the molecule is O=S(=O)(c1ccccc1Br)C(O)c1c[nH]c2ccc(Br)cc12. The number of aliphatic hydroxyl groups excluding tert-OH is 1. The molecule has 3 rings (SSSR count). The molecule has 2 aromatic carbocycles. The number of rotatable bonds is 3. The highest BCUT2D eigenvalue weighted by Gasteiger charge is 2.30. The molecule has 0 bridgehead atoms. The Morgan fingerprint density at radius 1 is 1.09 bits per heavy atom. The highest BCUT2D eigenvalue weighted by Crippen LogP contribution is 2.35. The number of nitrogens with one attached hydrogen (secondary N) is 1. The van der Waals surface area contributed by atoms with Crippen LogP contribution in [-0.2, 0) is 9.84 Å². The summed E-state index contributed by atoms with van der Waals surface area (Å²) in [5, 5.41) is 11.1. The van der Waals surface area contributed by atoms with E-state index in [2.05, 4.69) is 36.8 Å². The normalized spacial score (nSPS) is 13.4. The van der Waals surface area contributed by atoms with Gasteiger partial charge in [0.2, 0.25) is 9.84 Å². The van der Waals surface area contributed by atoms with Crippen molar-refractivity contribution in [3.63, 3.8) is 0 Å². The minimum absolute atomic E-state index is 0.0619. The number of fused-ring (bicyclic) bond motifs is 1. The van der Waals surface area contributed by atoms with E-state index in [0.717, 1.165) is 9.99 Å². The van der Waals surface area contributed by atoms with E-state index in [1.807, 2.05) is 12.1 Å². The van der Waals surface area contributed by atoms with Crippen molar-refractivity contribution in [2.45, 2.75) is 10.3 Å². The van der Waals surface area contributed by atoms with E-state index in [0.29, 0.717) is 15.4 Å².